The summed E-state index contributed by atoms with van der Waals surface area (Å²) in [5.41, 5.74) is 1.59. The fourth-order valence-corrected chi connectivity index (χ4v) is 1.70. The highest BCUT2D eigenvalue weighted by molar-refractivity contribution is 5.78. The van der Waals surface area contributed by atoms with Crippen LogP contribution in [0.4, 0.5) is 0 Å². The van der Waals surface area contributed by atoms with E-state index in [1.807, 2.05) is 6.07 Å². The predicted molar refractivity (Wildman–Crippen MR) is 66.3 cm³/mol. The predicted octanol–water partition coefficient (Wildman–Crippen LogP) is 2.85. The molecule has 0 saturated carbocycles. The number of aromatic hydroxyl groups is 1. The molecule has 17 heavy (non-hydrogen) atoms. The molecular formula is C14H14O3. The summed E-state index contributed by atoms with van der Waals surface area (Å²) in [5.74, 6) is 1.27. The normalized spacial score (nSPS) is 18.0. The maximum absolute atomic E-state index is 9.47. The Morgan fingerprint density at radius 1 is 1.29 bits per heavy atom. The smallest absolute Gasteiger partial charge is 0.168 e. The van der Waals surface area contributed by atoms with Gasteiger partial charge in [-0.25, -0.2) is 0 Å². The number of hydrogen-bond acceptors (Lipinski definition) is 3. The Morgan fingerprint density at radius 2 is 2.06 bits per heavy atom. The van der Waals surface area contributed by atoms with Crippen LogP contribution in [0, 0.1) is 0 Å². The molecule has 0 aromatic heterocycles. The third-order valence-electron chi connectivity index (χ3n) is 2.47. The lowest BCUT2D eigenvalue weighted by Gasteiger charge is -2.22. The van der Waals surface area contributed by atoms with E-state index in [0.29, 0.717) is 24.7 Å². The number of phenols is 1. The van der Waals surface area contributed by atoms with Crippen LogP contribution in [-0.4, -0.2) is 18.3 Å². The number of phenolic OH excluding ortho intramolecular Hbond substituents is 1. The van der Waals surface area contributed by atoms with Gasteiger partial charge < -0.3 is 14.6 Å². The van der Waals surface area contributed by atoms with Crippen molar-refractivity contribution < 1.29 is 14.6 Å². The molecule has 1 N–H and O–H groups in total. The Kier molecular flexibility index (Phi) is 3.19. The summed E-state index contributed by atoms with van der Waals surface area (Å²) < 4.78 is 10.9. The van der Waals surface area contributed by atoms with Crippen LogP contribution in [0.15, 0.2) is 55.0 Å². The van der Waals surface area contributed by atoms with Gasteiger partial charge in [-0.05, 0) is 17.7 Å². The molecule has 1 aromatic carbocycles. The van der Waals surface area contributed by atoms with Crippen LogP contribution in [0.5, 0.6) is 5.75 Å². The molecule has 1 aliphatic rings. The van der Waals surface area contributed by atoms with Crippen LogP contribution in [0.2, 0.25) is 0 Å². The zero-order valence-corrected chi connectivity index (χ0v) is 9.48. The molecule has 0 atom stereocenters. The van der Waals surface area contributed by atoms with Crippen LogP contribution < -0.4 is 0 Å². The van der Waals surface area contributed by atoms with Crippen molar-refractivity contribution in [2.75, 3.05) is 13.2 Å². The van der Waals surface area contributed by atoms with Gasteiger partial charge in [-0.2, -0.15) is 0 Å². The van der Waals surface area contributed by atoms with Crippen molar-refractivity contribution in [2.24, 2.45) is 0 Å². The monoisotopic (exact) mass is 230 g/mol. The first-order valence-electron chi connectivity index (χ1n) is 5.33. The SMILES string of the molecule is C=C/C(=C1/OCCOC1=C)c1cccc(O)c1. The van der Waals surface area contributed by atoms with E-state index in [1.54, 1.807) is 24.3 Å². The van der Waals surface area contributed by atoms with Crippen molar-refractivity contribution in [3.05, 3.63) is 60.6 Å². The van der Waals surface area contributed by atoms with Crippen LogP contribution in [0.1, 0.15) is 5.56 Å². The quantitative estimate of drug-likeness (QED) is 0.849. The minimum atomic E-state index is 0.199. The van der Waals surface area contributed by atoms with Gasteiger partial charge in [-0.1, -0.05) is 31.4 Å². The van der Waals surface area contributed by atoms with Gasteiger partial charge in [-0.3, -0.25) is 0 Å². The first kappa shape index (κ1) is 11.3. The highest BCUT2D eigenvalue weighted by Crippen LogP contribution is 2.29. The molecule has 0 spiro atoms. The minimum Gasteiger partial charge on any atom is -0.508 e. The average molecular weight is 230 g/mol. The van der Waals surface area contributed by atoms with Gasteiger partial charge in [0.2, 0.25) is 0 Å². The van der Waals surface area contributed by atoms with Gasteiger partial charge in [0.25, 0.3) is 0 Å². The maximum atomic E-state index is 9.47. The fraction of sp³-hybridized carbons (Fsp3) is 0.143. The van der Waals surface area contributed by atoms with Crippen LogP contribution in [-0.2, 0) is 9.47 Å². The second-order valence-corrected chi connectivity index (χ2v) is 3.62. The van der Waals surface area contributed by atoms with Crippen molar-refractivity contribution >= 4 is 5.57 Å². The highest BCUT2D eigenvalue weighted by atomic mass is 16.6. The van der Waals surface area contributed by atoms with Crippen molar-refractivity contribution in [2.45, 2.75) is 0 Å². The Hall–Kier alpha value is -2.16. The van der Waals surface area contributed by atoms with E-state index >= 15 is 0 Å². The molecule has 2 rings (SSSR count). The summed E-state index contributed by atoms with van der Waals surface area (Å²) in [6.07, 6.45) is 1.67. The van der Waals surface area contributed by atoms with E-state index < -0.39 is 0 Å². The fourth-order valence-electron chi connectivity index (χ4n) is 1.70. The van der Waals surface area contributed by atoms with E-state index in [1.165, 1.54) is 0 Å². The summed E-state index contributed by atoms with van der Waals surface area (Å²) in [5, 5.41) is 9.47. The molecule has 1 heterocycles. The van der Waals surface area contributed by atoms with Crippen LogP contribution in [0.25, 0.3) is 5.57 Å². The summed E-state index contributed by atoms with van der Waals surface area (Å²) in [7, 11) is 0. The largest absolute Gasteiger partial charge is 0.508 e. The molecule has 1 saturated heterocycles. The zero-order chi connectivity index (χ0) is 12.3. The second-order valence-electron chi connectivity index (χ2n) is 3.62. The molecule has 0 unspecified atom stereocenters. The Morgan fingerprint density at radius 3 is 2.71 bits per heavy atom. The first-order chi connectivity index (χ1) is 8.22. The van der Waals surface area contributed by atoms with Crippen molar-refractivity contribution in [3.63, 3.8) is 0 Å². The Bertz CT molecular complexity index is 486. The van der Waals surface area contributed by atoms with Crippen LogP contribution >= 0.6 is 0 Å². The van der Waals surface area contributed by atoms with E-state index in [0.717, 1.165) is 11.1 Å². The summed E-state index contributed by atoms with van der Waals surface area (Å²) in [6.45, 7) is 8.55. The molecule has 1 fully saturated rings. The van der Waals surface area contributed by atoms with E-state index in [4.69, 9.17) is 9.47 Å². The molecule has 0 amide bonds. The van der Waals surface area contributed by atoms with Crippen molar-refractivity contribution in [1.82, 2.24) is 0 Å². The van der Waals surface area contributed by atoms with Gasteiger partial charge >= 0.3 is 0 Å². The van der Waals surface area contributed by atoms with E-state index in [2.05, 4.69) is 13.2 Å². The van der Waals surface area contributed by atoms with Gasteiger partial charge in [0.05, 0.1) is 0 Å². The number of allylic oxidation sites excluding steroid dienone is 2. The van der Waals surface area contributed by atoms with Crippen LogP contribution in [0.3, 0.4) is 0 Å². The highest BCUT2D eigenvalue weighted by Gasteiger charge is 2.17. The maximum Gasteiger partial charge on any atom is 0.168 e. The Labute approximate surface area is 100 Å². The van der Waals surface area contributed by atoms with Gasteiger partial charge in [0, 0.05) is 5.57 Å². The molecule has 1 aromatic rings. The topological polar surface area (TPSA) is 38.7 Å². The molecule has 88 valence electrons. The number of benzene rings is 1. The summed E-state index contributed by atoms with van der Waals surface area (Å²) in [4.78, 5) is 0. The minimum absolute atomic E-state index is 0.199. The van der Waals surface area contributed by atoms with Gasteiger partial charge in [-0.15, -0.1) is 0 Å². The lowest BCUT2D eigenvalue weighted by Crippen LogP contribution is -2.14. The Balaban J connectivity index is 2.48. The average Bonchev–Trinajstić information content (AvgIpc) is 2.33. The lowest BCUT2D eigenvalue weighted by molar-refractivity contribution is 0.0618. The zero-order valence-electron chi connectivity index (χ0n) is 9.48. The number of rotatable bonds is 2. The summed E-state index contributed by atoms with van der Waals surface area (Å²) in [6, 6.07) is 6.90. The molecule has 0 radical (unpaired) electrons. The van der Waals surface area contributed by atoms with E-state index in [9.17, 15) is 5.11 Å². The molecular weight excluding hydrogens is 216 g/mol. The molecule has 0 aliphatic carbocycles. The van der Waals surface area contributed by atoms with Gasteiger partial charge in [0.15, 0.2) is 11.5 Å². The third kappa shape index (κ3) is 2.33. The number of ether oxygens (including phenoxy) is 2. The van der Waals surface area contributed by atoms with E-state index in [-0.39, 0.29) is 5.75 Å². The number of hydrogen-bond donors (Lipinski definition) is 1. The molecule has 1 aliphatic heterocycles. The second kappa shape index (κ2) is 4.78. The molecule has 0 bridgehead atoms. The molecule has 3 heteroatoms. The standard InChI is InChI=1S/C14H14O3/c1-3-13(11-5-4-6-12(15)9-11)14-10(2)16-7-8-17-14/h3-6,9,15H,1-2,7-8H2/b14-13-. The van der Waals surface area contributed by atoms with Crippen molar-refractivity contribution in [3.8, 4) is 5.75 Å². The van der Waals surface area contributed by atoms with Crippen molar-refractivity contribution in [1.29, 1.82) is 0 Å². The van der Waals surface area contributed by atoms with Gasteiger partial charge in [0.1, 0.15) is 19.0 Å². The molecule has 3 nitrogen and oxygen atoms in total. The summed E-state index contributed by atoms with van der Waals surface area (Å²) >= 11 is 0. The lowest BCUT2D eigenvalue weighted by atomic mass is 10.0. The first-order valence-corrected chi connectivity index (χ1v) is 5.33. The third-order valence-corrected chi connectivity index (χ3v) is 2.47.